The maximum absolute atomic E-state index is 11.9. The van der Waals surface area contributed by atoms with Gasteiger partial charge in [-0.05, 0) is 31.0 Å². The molecule has 0 N–H and O–H groups in total. The van der Waals surface area contributed by atoms with Crippen molar-refractivity contribution in [1.29, 1.82) is 0 Å². The van der Waals surface area contributed by atoms with E-state index in [0.717, 1.165) is 11.3 Å². The van der Waals surface area contributed by atoms with Crippen LogP contribution in [0.1, 0.15) is 18.9 Å². The Labute approximate surface area is 123 Å². The second kappa shape index (κ2) is 6.97. The Morgan fingerprint density at radius 1 is 1.24 bits per heavy atom. The number of ether oxygens (including phenoxy) is 3. The van der Waals surface area contributed by atoms with Gasteiger partial charge >= 0.3 is 12.1 Å². The summed E-state index contributed by atoms with van der Waals surface area (Å²) in [4.78, 5) is 24.9. The van der Waals surface area contributed by atoms with E-state index in [0.29, 0.717) is 19.6 Å². The van der Waals surface area contributed by atoms with Crippen LogP contribution in [-0.2, 0) is 20.9 Å². The van der Waals surface area contributed by atoms with Gasteiger partial charge in [0.2, 0.25) is 0 Å². The standard InChI is InChI=1S/C15H19NO5/c1-3-20-14(17)13-8-9-16(13)15(18)21-10-11-4-6-12(19-2)7-5-11/h4-7,13H,3,8-10H2,1-2H3/t13-/m0/s1. The van der Waals surface area contributed by atoms with Gasteiger partial charge in [0, 0.05) is 6.54 Å². The van der Waals surface area contributed by atoms with Gasteiger partial charge in [0.15, 0.2) is 0 Å². The normalized spacial score (nSPS) is 16.9. The van der Waals surface area contributed by atoms with E-state index < -0.39 is 12.1 Å². The minimum absolute atomic E-state index is 0.162. The topological polar surface area (TPSA) is 65.1 Å². The molecule has 1 fully saturated rings. The highest BCUT2D eigenvalue weighted by Crippen LogP contribution is 2.20. The molecule has 2 rings (SSSR count). The first kappa shape index (κ1) is 15.2. The number of rotatable bonds is 5. The van der Waals surface area contributed by atoms with E-state index >= 15 is 0 Å². The molecular weight excluding hydrogens is 274 g/mol. The van der Waals surface area contributed by atoms with Crippen molar-refractivity contribution in [3.05, 3.63) is 29.8 Å². The highest BCUT2D eigenvalue weighted by atomic mass is 16.6. The zero-order chi connectivity index (χ0) is 15.2. The maximum atomic E-state index is 11.9. The van der Waals surface area contributed by atoms with E-state index in [1.165, 1.54) is 4.90 Å². The van der Waals surface area contributed by atoms with Crippen LogP contribution in [0.3, 0.4) is 0 Å². The average molecular weight is 293 g/mol. The molecule has 0 bridgehead atoms. The SMILES string of the molecule is CCOC(=O)[C@@H]1CCN1C(=O)OCc1ccc(OC)cc1. The Kier molecular flexibility index (Phi) is 5.03. The zero-order valence-electron chi connectivity index (χ0n) is 12.2. The lowest BCUT2D eigenvalue weighted by Crippen LogP contribution is -2.55. The first-order valence-corrected chi connectivity index (χ1v) is 6.88. The fraction of sp³-hybridized carbons (Fsp3) is 0.467. The first-order chi connectivity index (χ1) is 10.2. The quantitative estimate of drug-likeness (QED) is 0.777. The van der Waals surface area contributed by atoms with E-state index in [4.69, 9.17) is 14.2 Å². The molecule has 1 aromatic carbocycles. The van der Waals surface area contributed by atoms with Gasteiger partial charge in [-0.1, -0.05) is 12.1 Å². The summed E-state index contributed by atoms with van der Waals surface area (Å²) in [5.41, 5.74) is 0.859. The highest BCUT2D eigenvalue weighted by Gasteiger charge is 2.39. The smallest absolute Gasteiger partial charge is 0.410 e. The van der Waals surface area contributed by atoms with Crippen molar-refractivity contribution in [3.8, 4) is 5.75 Å². The molecule has 1 heterocycles. The van der Waals surface area contributed by atoms with Crippen LogP contribution in [0, 0.1) is 0 Å². The van der Waals surface area contributed by atoms with Crippen LogP contribution >= 0.6 is 0 Å². The molecule has 1 atom stereocenters. The lowest BCUT2D eigenvalue weighted by molar-refractivity contribution is -0.153. The highest BCUT2D eigenvalue weighted by molar-refractivity contribution is 5.83. The summed E-state index contributed by atoms with van der Waals surface area (Å²) in [6, 6.07) is 6.74. The molecule has 6 heteroatoms. The Morgan fingerprint density at radius 2 is 1.95 bits per heavy atom. The van der Waals surface area contributed by atoms with Gasteiger partial charge in [-0.25, -0.2) is 9.59 Å². The van der Waals surface area contributed by atoms with E-state index in [1.54, 1.807) is 26.2 Å². The van der Waals surface area contributed by atoms with Crippen molar-refractivity contribution in [2.24, 2.45) is 0 Å². The third-order valence-corrected chi connectivity index (χ3v) is 3.33. The Hall–Kier alpha value is -2.24. The minimum atomic E-state index is -0.506. The van der Waals surface area contributed by atoms with Crippen molar-refractivity contribution < 1.29 is 23.8 Å². The van der Waals surface area contributed by atoms with Crippen molar-refractivity contribution in [3.63, 3.8) is 0 Å². The predicted molar refractivity (Wildman–Crippen MR) is 74.9 cm³/mol. The van der Waals surface area contributed by atoms with Crippen LogP contribution in [0.15, 0.2) is 24.3 Å². The van der Waals surface area contributed by atoms with Gasteiger partial charge in [-0.15, -0.1) is 0 Å². The lowest BCUT2D eigenvalue weighted by atomic mass is 10.0. The third kappa shape index (κ3) is 3.65. The number of methoxy groups -OCH3 is 1. The average Bonchev–Trinajstić information content (AvgIpc) is 2.44. The van der Waals surface area contributed by atoms with Crippen molar-refractivity contribution in [2.75, 3.05) is 20.3 Å². The number of likely N-dealkylation sites (tertiary alicyclic amines) is 1. The van der Waals surface area contributed by atoms with Gasteiger partial charge in [0.05, 0.1) is 13.7 Å². The number of benzene rings is 1. The third-order valence-electron chi connectivity index (χ3n) is 3.33. The summed E-state index contributed by atoms with van der Waals surface area (Å²) in [5, 5.41) is 0. The molecule has 21 heavy (non-hydrogen) atoms. The van der Waals surface area contributed by atoms with E-state index in [2.05, 4.69) is 0 Å². The largest absolute Gasteiger partial charge is 0.497 e. The summed E-state index contributed by atoms with van der Waals surface area (Å²) >= 11 is 0. The molecule has 1 amide bonds. The van der Waals surface area contributed by atoms with Crippen LogP contribution < -0.4 is 4.74 Å². The molecule has 114 valence electrons. The maximum Gasteiger partial charge on any atom is 0.410 e. The molecular formula is C15H19NO5. The number of nitrogens with zero attached hydrogens (tertiary/aromatic N) is 1. The molecule has 0 saturated carbocycles. The minimum Gasteiger partial charge on any atom is -0.497 e. The second-order valence-corrected chi connectivity index (χ2v) is 4.65. The Morgan fingerprint density at radius 3 is 2.48 bits per heavy atom. The molecule has 1 aliphatic rings. The van der Waals surface area contributed by atoms with E-state index in [1.807, 2.05) is 12.1 Å². The molecule has 0 unspecified atom stereocenters. The summed E-state index contributed by atoms with van der Waals surface area (Å²) in [5.74, 6) is 0.375. The van der Waals surface area contributed by atoms with Gasteiger partial charge in [-0.3, -0.25) is 4.90 Å². The molecule has 0 aromatic heterocycles. The monoisotopic (exact) mass is 293 g/mol. The number of esters is 1. The lowest BCUT2D eigenvalue weighted by Gasteiger charge is -2.37. The summed E-state index contributed by atoms with van der Waals surface area (Å²) in [7, 11) is 1.59. The Bertz CT molecular complexity index is 499. The molecule has 0 aliphatic carbocycles. The van der Waals surface area contributed by atoms with Crippen molar-refractivity contribution in [1.82, 2.24) is 4.90 Å². The number of carbonyl (C=O) groups excluding carboxylic acids is 2. The first-order valence-electron chi connectivity index (χ1n) is 6.88. The molecule has 1 saturated heterocycles. The van der Waals surface area contributed by atoms with Crippen molar-refractivity contribution >= 4 is 12.1 Å². The van der Waals surface area contributed by atoms with Crippen molar-refractivity contribution in [2.45, 2.75) is 26.0 Å². The molecule has 6 nitrogen and oxygen atoms in total. The van der Waals surface area contributed by atoms with Crippen LogP contribution in [0.25, 0.3) is 0 Å². The number of hydrogen-bond acceptors (Lipinski definition) is 5. The van der Waals surface area contributed by atoms with E-state index in [-0.39, 0.29) is 12.6 Å². The van der Waals surface area contributed by atoms with Crippen LogP contribution in [0.4, 0.5) is 4.79 Å². The molecule has 1 aliphatic heterocycles. The molecule has 0 radical (unpaired) electrons. The number of amides is 1. The summed E-state index contributed by atoms with van der Waals surface area (Å²) in [6.07, 6.45) is 0.131. The van der Waals surface area contributed by atoms with Crippen LogP contribution in [0.2, 0.25) is 0 Å². The number of hydrogen-bond donors (Lipinski definition) is 0. The fourth-order valence-electron chi connectivity index (χ4n) is 2.04. The van der Waals surface area contributed by atoms with Gasteiger partial charge in [0.1, 0.15) is 18.4 Å². The van der Waals surface area contributed by atoms with Gasteiger partial charge in [-0.2, -0.15) is 0 Å². The van der Waals surface area contributed by atoms with Gasteiger partial charge in [0.25, 0.3) is 0 Å². The summed E-state index contributed by atoms with van der Waals surface area (Å²) < 4.78 is 15.2. The fourth-order valence-corrected chi connectivity index (χ4v) is 2.04. The van der Waals surface area contributed by atoms with E-state index in [9.17, 15) is 9.59 Å². The zero-order valence-corrected chi connectivity index (χ0v) is 12.2. The number of carbonyl (C=O) groups is 2. The Balaban J connectivity index is 1.82. The predicted octanol–water partition coefficient (Wildman–Crippen LogP) is 1.97. The van der Waals surface area contributed by atoms with Crippen LogP contribution in [0.5, 0.6) is 5.75 Å². The van der Waals surface area contributed by atoms with Gasteiger partial charge < -0.3 is 14.2 Å². The molecule has 0 spiro atoms. The second-order valence-electron chi connectivity index (χ2n) is 4.65. The van der Waals surface area contributed by atoms with Crippen LogP contribution in [-0.4, -0.2) is 43.3 Å². The summed E-state index contributed by atoms with van der Waals surface area (Å²) in [6.45, 7) is 2.73. The molecule has 1 aromatic rings.